The van der Waals surface area contributed by atoms with Crippen molar-refractivity contribution in [3.63, 3.8) is 0 Å². The molecule has 3 aromatic rings. The molecule has 2 aromatic carbocycles. The first-order valence-electron chi connectivity index (χ1n) is 10.5. The van der Waals surface area contributed by atoms with Gasteiger partial charge in [0.25, 0.3) is 5.91 Å². The topological polar surface area (TPSA) is 99.7 Å². The minimum absolute atomic E-state index is 0.0195. The summed E-state index contributed by atoms with van der Waals surface area (Å²) in [7, 11) is 0. The Bertz CT molecular complexity index is 1480. The van der Waals surface area contributed by atoms with Crippen LogP contribution in [-0.4, -0.2) is 53.9 Å². The van der Waals surface area contributed by atoms with Gasteiger partial charge in [0.15, 0.2) is 11.6 Å². The number of nitrogens with two attached hydrogens (primary N) is 1. The van der Waals surface area contributed by atoms with Gasteiger partial charge in [0.05, 0.1) is 26.9 Å². The van der Waals surface area contributed by atoms with Gasteiger partial charge in [-0.1, -0.05) is 24.2 Å². The van der Waals surface area contributed by atoms with Crippen LogP contribution >= 0.6 is 22.9 Å². The first-order chi connectivity index (χ1) is 16.8. The maximum atomic E-state index is 16.0. The number of nitrogen functional groups attached to an aromatic ring is 1. The Kier molecular flexibility index (Phi) is 5.62. The van der Waals surface area contributed by atoms with Crippen molar-refractivity contribution in [1.29, 1.82) is 5.26 Å². The van der Waals surface area contributed by atoms with Gasteiger partial charge in [-0.15, -0.1) is 11.3 Å². The first kappa shape index (κ1) is 23.1. The molecule has 0 aliphatic carbocycles. The Labute approximate surface area is 207 Å². The molecule has 35 heavy (non-hydrogen) atoms. The van der Waals surface area contributed by atoms with Gasteiger partial charge in [-0.2, -0.15) is 5.26 Å². The molecule has 2 N–H and O–H groups in total. The lowest BCUT2D eigenvalue weighted by molar-refractivity contribution is -0.128. The van der Waals surface area contributed by atoms with Crippen LogP contribution in [-0.2, 0) is 4.79 Å². The molecule has 0 saturated carbocycles. The number of anilines is 1. The summed E-state index contributed by atoms with van der Waals surface area (Å²) >= 11 is 7.37. The van der Waals surface area contributed by atoms with Gasteiger partial charge in [-0.3, -0.25) is 9.59 Å². The fraction of sp³-hybridized carbons (Fsp3) is 0.208. The molecule has 0 unspecified atom stereocenters. The molecule has 178 valence electrons. The lowest BCUT2D eigenvalue weighted by Gasteiger charge is -2.39. The van der Waals surface area contributed by atoms with E-state index in [2.05, 4.69) is 6.58 Å². The van der Waals surface area contributed by atoms with E-state index in [9.17, 15) is 19.2 Å². The van der Waals surface area contributed by atoms with Crippen molar-refractivity contribution >= 4 is 49.8 Å². The van der Waals surface area contributed by atoms with Gasteiger partial charge >= 0.3 is 0 Å². The van der Waals surface area contributed by atoms with Crippen LogP contribution in [0.3, 0.4) is 0 Å². The quantitative estimate of drug-likeness (QED) is 0.517. The molecule has 2 amide bonds. The predicted molar refractivity (Wildman–Crippen MR) is 128 cm³/mol. The number of carbonyl (C=O) groups excluding carboxylic acids is 2. The number of hydrogen-bond donors (Lipinski definition) is 1. The molecular weight excluding hydrogens is 498 g/mol. The zero-order valence-corrected chi connectivity index (χ0v) is 19.7. The largest absolute Gasteiger partial charge is 0.487 e. The highest BCUT2D eigenvalue weighted by molar-refractivity contribution is 7.23. The fourth-order valence-electron chi connectivity index (χ4n) is 4.59. The van der Waals surface area contributed by atoms with Crippen LogP contribution in [0.4, 0.5) is 13.8 Å². The van der Waals surface area contributed by atoms with Crippen molar-refractivity contribution in [3.05, 3.63) is 58.6 Å². The normalized spacial score (nSPS) is 17.3. The zero-order valence-electron chi connectivity index (χ0n) is 18.1. The number of fused-ring (bicyclic) bond motifs is 3. The van der Waals surface area contributed by atoms with Crippen molar-refractivity contribution in [2.75, 3.05) is 32.0 Å². The lowest BCUT2D eigenvalue weighted by Crippen LogP contribution is -2.57. The summed E-state index contributed by atoms with van der Waals surface area (Å²) in [6.07, 6.45) is 1.20. The monoisotopic (exact) mass is 514 g/mol. The molecule has 1 fully saturated rings. The maximum Gasteiger partial charge on any atom is 0.258 e. The Morgan fingerprint density at radius 3 is 2.83 bits per heavy atom. The second-order valence-corrected chi connectivity index (χ2v) is 9.59. The molecule has 7 nitrogen and oxygen atoms in total. The van der Waals surface area contributed by atoms with E-state index in [-0.39, 0.29) is 73.7 Å². The molecule has 11 heteroatoms. The average molecular weight is 515 g/mol. The van der Waals surface area contributed by atoms with E-state index in [1.807, 2.05) is 6.07 Å². The van der Waals surface area contributed by atoms with Crippen LogP contribution < -0.4 is 10.5 Å². The summed E-state index contributed by atoms with van der Waals surface area (Å²) in [5.41, 5.74) is 5.92. The van der Waals surface area contributed by atoms with Crippen molar-refractivity contribution < 1.29 is 23.1 Å². The van der Waals surface area contributed by atoms with Gasteiger partial charge in [-0.25, -0.2) is 8.78 Å². The molecule has 2 aliphatic rings. The number of piperazine rings is 1. The van der Waals surface area contributed by atoms with E-state index in [4.69, 9.17) is 22.1 Å². The maximum absolute atomic E-state index is 16.0. The Balaban J connectivity index is 1.64. The number of nitriles is 1. The van der Waals surface area contributed by atoms with Gasteiger partial charge in [0, 0.05) is 30.6 Å². The third-order valence-electron chi connectivity index (χ3n) is 6.25. The summed E-state index contributed by atoms with van der Waals surface area (Å²) in [6.45, 7) is 4.20. The van der Waals surface area contributed by atoms with E-state index in [0.717, 1.165) is 17.4 Å². The second-order valence-electron chi connectivity index (χ2n) is 8.13. The Morgan fingerprint density at radius 1 is 1.34 bits per heavy atom. The molecule has 1 aromatic heterocycles. The van der Waals surface area contributed by atoms with Gasteiger partial charge in [-0.05, 0) is 23.8 Å². The molecule has 3 heterocycles. The Morgan fingerprint density at radius 2 is 2.11 bits per heavy atom. The third kappa shape index (κ3) is 3.50. The van der Waals surface area contributed by atoms with Crippen molar-refractivity contribution in [2.24, 2.45) is 0 Å². The smallest absolute Gasteiger partial charge is 0.258 e. The van der Waals surface area contributed by atoms with Crippen LogP contribution in [0.5, 0.6) is 5.75 Å². The molecule has 2 aliphatic heterocycles. The summed E-state index contributed by atoms with van der Waals surface area (Å²) in [5.74, 6) is -2.53. The van der Waals surface area contributed by atoms with Gasteiger partial charge in [0.1, 0.15) is 23.5 Å². The zero-order chi connectivity index (χ0) is 25.0. The number of thiophene rings is 1. The van der Waals surface area contributed by atoms with Crippen molar-refractivity contribution in [1.82, 2.24) is 9.80 Å². The van der Waals surface area contributed by atoms with Crippen LogP contribution in [0.15, 0.2) is 30.9 Å². The minimum atomic E-state index is -0.902. The van der Waals surface area contributed by atoms with Crippen LogP contribution in [0, 0.1) is 23.0 Å². The van der Waals surface area contributed by atoms with Crippen molar-refractivity contribution in [3.8, 4) is 22.9 Å². The molecular formula is C24H17ClF2N4O3S. The first-order valence-corrected chi connectivity index (χ1v) is 11.7. The minimum Gasteiger partial charge on any atom is -0.487 e. The number of amides is 2. The predicted octanol–water partition coefficient (Wildman–Crippen LogP) is 4.19. The fourth-order valence-corrected chi connectivity index (χ4v) is 5.83. The van der Waals surface area contributed by atoms with E-state index in [1.165, 1.54) is 23.1 Å². The number of carbonyl (C=O) groups is 2. The number of ether oxygens (including phenoxy) is 1. The SMILES string of the molecule is C=CC(=O)N1CCN2C(=O)c3cc(Cl)c(-c4ccc(F)c5sc(N)c(C#N)c45)c(F)c3OC[C@H]2C1. The standard InChI is InChI=1S/C24H17ClF2N4O3S/c1-2-17(32)30-5-6-31-11(9-30)10-34-21-13(24(31)33)7-15(25)19(20(21)27)12-3-4-16(26)22-18(12)14(8-28)23(29)35-22/h2-4,7,11H,1,5-6,9-10,29H2/t11-/m1/s1. The number of nitrogens with zero attached hydrogens (tertiary/aromatic N) is 3. The molecule has 5 rings (SSSR count). The molecule has 1 atom stereocenters. The second kappa shape index (κ2) is 8.52. The molecule has 0 radical (unpaired) electrons. The molecule has 0 spiro atoms. The summed E-state index contributed by atoms with van der Waals surface area (Å²) in [5, 5.41) is 9.73. The Hall–Kier alpha value is -3.68. The summed E-state index contributed by atoms with van der Waals surface area (Å²) in [6, 6.07) is 5.24. The van der Waals surface area contributed by atoms with E-state index < -0.39 is 23.6 Å². The van der Waals surface area contributed by atoms with Gasteiger partial charge < -0.3 is 20.3 Å². The summed E-state index contributed by atoms with van der Waals surface area (Å²) in [4.78, 5) is 28.5. The average Bonchev–Trinajstić information content (AvgIpc) is 3.13. The van der Waals surface area contributed by atoms with E-state index >= 15 is 4.39 Å². The van der Waals surface area contributed by atoms with E-state index in [0.29, 0.717) is 6.54 Å². The number of hydrogen-bond acceptors (Lipinski definition) is 6. The van der Waals surface area contributed by atoms with Crippen LogP contribution in [0.1, 0.15) is 15.9 Å². The highest BCUT2D eigenvalue weighted by Crippen LogP contribution is 2.46. The van der Waals surface area contributed by atoms with Crippen molar-refractivity contribution in [2.45, 2.75) is 6.04 Å². The highest BCUT2D eigenvalue weighted by atomic mass is 35.5. The summed E-state index contributed by atoms with van der Waals surface area (Å²) < 4.78 is 36.4. The van der Waals surface area contributed by atoms with Gasteiger partial charge in [0.2, 0.25) is 5.91 Å². The van der Waals surface area contributed by atoms with Crippen LogP contribution in [0.25, 0.3) is 21.2 Å². The highest BCUT2D eigenvalue weighted by Gasteiger charge is 2.38. The lowest BCUT2D eigenvalue weighted by atomic mass is 9.96. The third-order valence-corrected chi connectivity index (χ3v) is 7.58. The number of benzene rings is 2. The molecule has 0 bridgehead atoms. The number of rotatable bonds is 2. The molecule has 1 saturated heterocycles. The van der Waals surface area contributed by atoms with Crippen LogP contribution in [0.2, 0.25) is 5.02 Å². The number of halogens is 3. The van der Waals surface area contributed by atoms with E-state index in [1.54, 1.807) is 4.90 Å².